The molecule has 0 spiro atoms. The van der Waals surface area contributed by atoms with Crippen molar-refractivity contribution in [2.75, 3.05) is 5.73 Å². The minimum Gasteiger partial charge on any atom is -0.399 e. The van der Waals surface area contributed by atoms with E-state index in [1.165, 1.54) is 12.1 Å². The van der Waals surface area contributed by atoms with Crippen LogP contribution in [0.25, 0.3) is 5.69 Å². The molecule has 7 heteroatoms. The highest BCUT2D eigenvalue weighted by Gasteiger charge is 2.09. The van der Waals surface area contributed by atoms with Crippen LogP contribution in [0.3, 0.4) is 0 Å². The lowest BCUT2D eigenvalue weighted by molar-refractivity contribution is 0.952. The van der Waals surface area contributed by atoms with Crippen LogP contribution >= 0.6 is 11.6 Å². The summed E-state index contributed by atoms with van der Waals surface area (Å²) in [4.78, 5) is 22.5. The second kappa shape index (κ2) is 3.32. The predicted molar refractivity (Wildman–Crippen MR) is 56.4 cm³/mol. The van der Waals surface area contributed by atoms with Crippen molar-refractivity contribution in [3.8, 4) is 5.69 Å². The van der Waals surface area contributed by atoms with Gasteiger partial charge in [0, 0.05) is 5.69 Å². The highest BCUT2D eigenvalue weighted by atomic mass is 35.5. The molecule has 0 aliphatic heterocycles. The number of H-pyrrole nitrogens is 2. The number of nitrogen functional groups attached to an aromatic ring is 1. The summed E-state index contributed by atoms with van der Waals surface area (Å²) >= 11 is 5.86. The molecule has 0 unspecified atom stereocenters. The number of anilines is 1. The molecule has 1 aromatic heterocycles. The standard InChI is InChI=1S/C8H7ClN4O2/c9-5-3-4(10)1-2-6(5)13-7(14)11-12-8(13)15/h1-3H,10H2,(H,11,14)(H,12,15). The van der Waals surface area contributed by atoms with Crippen LogP contribution in [0.15, 0.2) is 27.8 Å². The maximum absolute atomic E-state index is 11.3. The van der Waals surface area contributed by atoms with Crippen LogP contribution < -0.4 is 17.1 Å². The highest BCUT2D eigenvalue weighted by Crippen LogP contribution is 2.20. The average molecular weight is 227 g/mol. The van der Waals surface area contributed by atoms with Crippen molar-refractivity contribution in [2.45, 2.75) is 0 Å². The van der Waals surface area contributed by atoms with E-state index >= 15 is 0 Å². The fraction of sp³-hybridized carbons (Fsp3) is 0. The van der Waals surface area contributed by atoms with Crippen molar-refractivity contribution in [1.29, 1.82) is 0 Å². The highest BCUT2D eigenvalue weighted by molar-refractivity contribution is 6.32. The Kier molecular flexibility index (Phi) is 2.12. The molecule has 0 saturated carbocycles. The van der Waals surface area contributed by atoms with Crippen LogP contribution in [-0.4, -0.2) is 14.8 Å². The lowest BCUT2D eigenvalue weighted by Gasteiger charge is -2.02. The summed E-state index contributed by atoms with van der Waals surface area (Å²) in [5, 5.41) is 4.55. The first-order valence-corrected chi connectivity index (χ1v) is 4.42. The molecule has 0 atom stereocenters. The lowest BCUT2D eigenvalue weighted by atomic mass is 10.3. The molecule has 0 aliphatic rings. The Balaban J connectivity index is 2.75. The molecular weight excluding hydrogens is 220 g/mol. The van der Waals surface area contributed by atoms with E-state index in [1.54, 1.807) is 6.07 Å². The third-order valence-corrected chi connectivity index (χ3v) is 2.20. The zero-order valence-corrected chi connectivity index (χ0v) is 8.21. The Morgan fingerprint density at radius 1 is 1.20 bits per heavy atom. The number of nitrogens with one attached hydrogen (secondary N) is 2. The van der Waals surface area contributed by atoms with Gasteiger partial charge in [-0.15, -0.1) is 0 Å². The fourth-order valence-corrected chi connectivity index (χ4v) is 1.51. The number of halogens is 1. The lowest BCUT2D eigenvalue weighted by Crippen LogP contribution is -2.24. The number of hydrogen-bond donors (Lipinski definition) is 3. The predicted octanol–water partition coefficient (Wildman–Crippen LogP) is 0.0895. The number of aromatic nitrogens is 3. The molecule has 0 bridgehead atoms. The van der Waals surface area contributed by atoms with Crippen molar-refractivity contribution in [2.24, 2.45) is 0 Å². The molecule has 0 radical (unpaired) electrons. The quantitative estimate of drug-likeness (QED) is 0.601. The summed E-state index contributed by atoms with van der Waals surface area (Å²) in [5.41, 5.74) is 5.09. The third-order valence-electron chi connectivity index (χ3n) is 1.90. The summed E-state index contributed by atoms with van der Waals surface area (Å²) in [5.74, 6) is 0. The Morgan fingerprint density at radius 2 is 1.80 bits per heavy atom. The van der Waals surface area contributed by atoms with Gasteiger partial charge in [0.2, 0.25) is 0 Å². The van der Waals surface area contributed by atoms with E-state index in [-0.39, 0.29) is 5.02 Å². The van der Waals surface area contributed by atoms with Crippen LogP contribution in [0.5, 0.6) is 0 Å². The van der Waals surface area contributed by atoms with E-state index in [0.717, 1.165) is 4.57 Å². The number of aromatic amines is 2. The van der Waals surface area contributed by atoms with Gasteiger partial charge < -0.3 is 5.73 Å². The van der Waals surface area contributed by atoms with Crippen LogP contribution in [0.2, 0.25) is 5.02 Å². The van der Waals surface area contributed by atoms with Crippen LogP contribution in [0, 0.1) is 0 Å². The van der Waals surface area contributed by atoms with Crippen LogP contribution in [0.4, 0.5) is 5.69 Å². The zero-order valence-electron chi connectivity index (χ0n) is 7.45. The van der Waals surface area contributed by atoms with Gasteiger partial charge in [-0.3, -0.25) is 0 Å². The second-order valence-electron chi connectivity index (χ2n) is 2.91. The smallest absolute Gasteiger partial charge is 0.349 e. The summed E-state index contributed by atoms with van der Waals surface area (Å²) in [6, 6.07) is 4.53. The monoisotopic (exact) mass is 226 g/mol. The first-order valence-electron chi connectivity index (χ1n) is 4.04. The van der Waals surface area contributed by atoms with Gasteiger partial charge in [-0.2, -0.15) is 0 Å². The van der Waals surface area contributed by atoms with Gasteiger partial charge in [-0.25, -0.2) is 24.4 Å². The number of benzene rings is 1. The SMILES string of the molecule is Nc1ccc(-n2c(=O)[nH][nH]c2=O)c(Cl)c1. The third kappa shape index (κ3) is 1.55. The van der Waals surface area contributed by atoms with Crippen LogP contribution in [-0.2, 0) is 0 Å². The van der Waals surface area contributed by atoms with Crippen molar-refractivity contribution < 1.29 is 0 Å². The first-order chi connectivity index (χ1) is 7.09. The van der Waals surface area contributed by atoms with E-state index < -0.39 is 11.4 Å². The molecule has 4 N–H and O–H groups in total. The number of hydrogen-bond acceptors (Lipinski definition) is 3. The zero-order chi connectivity index (χ0) is 11.0. The van der Waals surface area contributed by atoms with Gasteiger partial charge in [-0.1, -0.05) is 11.6 Å². The van der Waals surface area contributed by atoms with Gasteiger partial charge in [0.25, 0.3) is 0 Å². The van der Waals surface area contributed by atoms with Gasteiger partial charge in [-0.05, 0) is 18.2 Å². The Bertz CT molecular complexity index is 582. The molecule has 1 heterocycles. The van der Waals surface area contributed by atoms with E-state index in [0.29, 0.717) is 11.4 Å². The molecule has 0 aliphatic carbocycles. The van der Waals surface area contributed by atoms with E-state index in [9.17, 15) is 9.59 Å². The Morgan fingerprint density at radius 3 is 2.33 bits per heavy atom. The Hall–Kier alpha value is -1.95. The molecule has 0 amide bonds. The largest absolute Gasteiger partial charge is 0.399 e. The normalized spacial score (nSPS) is 10.5. The minimum absolute atomic E-state index is 0.238. The van der Waals surface area contributed by atoms with Crippen molar-refractivity contribution in [3.63, 3.8) is 0 Å². The molecule has 0 fully saturated rings. The summed E-state index contributed by atoms with van der Waals surface area (Å²) < 4.78 is 0.891. The molecule has 2 rings (SSSR count). The van der Waals surface area contributed by atoms with Gasteiger partial charge in [0.15, 0.2) is 0 Å². The molecular formula is C8H7ClN4O2. The van der Waals surface area contributed by atoms with Gasteiger partial charge in [0.05, 0.1) is 10.7 Å². The summed E-state index contributed by atoms with van der Waals surface area (Å²) in [6.45, 7) is 0. The van der Waals surface area contributed by atoms with E-state index in [2.05, 4.69) is 10.2 Å². The molecule has 1 aromatic carbocycles. The fourth-order valence-electron chi connectivity index (χ4n) is 1.23. The second-order valence-corrected chi connectivity index (χ2v) is 3.31. The number of nitrogens with two attached hydrogens (primary N) is 1. The van der Waals surface area contributed by atoms with E-state index in [1.807, 2.05) is 0 Å². The summed E-state index contributed by atoms with van der Waals surface area (Å²) in [7, 11) is 0. The minimum atomic E-state index is -0.577. The van der Waals surface area contributed by atoms with Crippen molar-refractivity contribution in [3.05, 3.63) is 44.2 Å². The van der Waals surface area contributed by atoms with Crippen molar-refractivity contribution >= 4 is 17.3 Å². The number of rotatable bonds is 1. The van der Waals surface area contributed by atoms with Gasteiger partial charge in [0.1, 0.15) is 0 Å². The maximum atomic E-state index is 11.3. The molecule has 0 saturated heterocycles. The molecule has 15 heavy (non-hydrogen) atoms. The van der Waals surface area contributed by atoms with Crippen molar-refractivity contribution in [1.82, 2.24) is 14.8 Å². The average Bonchev–Trinajstić information content (AvgIpc) is 2.48. The van der Waals surface area contributed by atoms with Gasteiger partial charge >= 0.3 is 11.4 Å². The topological polar surface area (TPSA) is 96.7 Å². The number of nitrogens with zero attached hydrogens (tertiary/aromatic N) is 1. The molecule has 6 nitrogen and oxygen atoms in total. The summed E-state index contributed by atoms with van der Waals surface area (Å²) in [6.07, 6.45) is 0. The molecule has 2 aromatic rings. The van der Waals surface area contributed by atoms with Crippen LogP contribution in [0.1, 0.15) is 0 Å². The first kappa shape index (κ1) is 9.60. The maximum Gasteiger partial charge on any atom is 0.349 e. The molecule has 78 valence electrons. The Labute approximate surface area is 88.3 Å². The van der Waals surface area contributed by atoms with E-state index in [4.69, 9.17) is 17.3 Å².